The molecule has 4 nitrogen and oxygen atoms in total. The molecular weight excluding hydrogens is 234 g/mol. The molecule has 92 valence electrons. The highest BCUT2D eigenvalue weighted by molar-refractivity contribution is 7.99. The largest absolute Gasteiger partial charge is 0.398 e. The number of nitrogen functional groups attached to an aromatic ring is 1. The minimum Gasteiger partial charge on any atom is -0.398 e. The molecule has 1 atom stereocenters. The highest BCUT2D eigenvalue weighted by atomic mass is 32.2. The van der Waals surface area contributed by atoms with Gasteiger partial charge < -0.3 is 11.1 Å². The van der Waals surface area contributed by atoms with Crippen LogP contribution in [-0.4, -0.2) is 28.4 Å². The lowest BCUT2D eigenvalue weighted by Gasteiger charge is -2.21. The summed E-state index contributed by atoms with van der Waals surface area (Å²) in [6.45, 7) is 0.720. The van der Waals surface area contributed by atoms with Gasteiger partial charge in [0.25, 0.3) is 5.91 Å². The van der Waals surface area contributed by atoms with Crippen molar-refractivity contribution in [2.75, 3.05) is 18.0 Å². The fourth-order valence-electron chi connectivity index (χ4n) is 1.87. The van der Waals surface area contributed by atoms with Crippen LogP contribution in [0.1, 0.15) is 29.6 Å². The van der Waals surface area contributed by atoms with Crippen LogP contribution in [0.4, 0.5) is 5.69 Å². The molecule has 17 heavy (non-hydrogen) atoms. The van der Waals surface area contributed by atoms with E-state index >= 15 is 0 Å². The lowest BCUT2D eigenvalue weighted by Crippen LogP contribution is -2.32. The second-order valence-electron chi connectivity index (χ2n) is 4.16. The Morgan fingerprint density at radius 3 is 3.18 bits per heavy atom. The van der Waals surface area contributed by atoms with E-state index in [0.717, 1.165) is 6.54 Å². The molecular formula is C12H17N3OS. The Balaban J connectivity index is 1.87. The number of rotatable bonds is 3. The van der Waals surface area contributed by atoms with Gasteiger partial charge in [-0.05, 0) is 24.7 Å². The Labute approximate surface area is 105 Å². The summed E-state index contributed by atoms with van der Waals surface area (Å²) in [5.41, 5.74) is 6.67. The SMILES string of the molecule is Nc1ccncc1C(=O)NCC1CCCCS1. The van der Waals surface area contributed by atoms with Crippen molar-refractivity contribution >= 4 is 23.4 Å². The van der Waals surface area contributed by atoms with Gasteiger partial charge in [0.2, 0.25) is 0 Å². The van der Waals surface area contributed by atoms with E-state index in [1.165, 1.54) is 31.2 Å². The van der Waals surface area contributed by atoms with Crippen molar-refractivity contribution in [3.8, 4) is 0 Å². The van der Waals surface area contributed by atoms with Gasteiger partial charge in [-0.3, -0.25) is 9.78 Å². The van der Waals surface area contributed by atoms with Crippen molar-refractivity contribution in [1.29, 1.82) is 0 Å². The molecule has 0 aromatic carbocycles. The average molecular weight is 251 g/mol. The summed E-state index contributed by atoms with van der Waals surface area (Å²) in [4.78, 5) is 15.8. The van der Waals surface area contributed by atoms with Gasteiger partial charge in [-0.15, -0.1) is 0 Å². The molecule has 0 spiro atoms. The molecule has 0 bridgehead atoms. The molecule has 0 radical (unpaired) electrons. The Bertz CT molecular complexity index is 391. The van der Waals surface area contributed by atoms with Crippen LogP contribution < -0.4 is 11.1 Å². The van der Waals surface area contributed by atoms with Gasteiger partial charge in [0.15, 0.2) is 0 Å². The van der Waals surface area contributed by atoms with Gasteiger partial charge in [0.05, 0.1) is 5.56 Å². The molecule has 1 aromatic rings. The number of aromatic nitrogens is 1. The lowest BCUT2D eigenvalue weighted by molar-refractivity contribution is 0.0954. The monoisotopic (exact) mass is 251 g/mol. The Kier molecular flexibility index (Phi) is 4.25. The van der Waals surface area contributed by atoms with Crippen molar-refractivity contribution < 1.29 is 4.79 Å². The number of nitrogens with two attached hydrogens (primary N) is 1. The van der Waals surface area contributed by atoms with Crippen LogP contribution in [0.5, 0.6) is 0 Å². The third-order valence-corrected chi connectivity index (χ3v) is 4.26. The van der Waals surface area contributed by atoms with Gasteiger partial charge in [-0.25, -0.2) is 0 Å². The zero-order valence-electron chi connectivity index (χ0n) is 9.69. The van der Waals surface area contributed by atoms with E-state index in [0.29, 0.717) is 16.5 Å². The third kappa shape index (κ3) is 3.36. The van der Waals surface area contributed by atoms with E-state index in [1.54, 1.807) is 12.3 Å². The van der Waals surface area contributed by atoms with Gasteiger partial charge in [-0.1, -0.05) is 6.42 Å². The molecule has 3 N–H and O–H groups in total. The van der Waals surface area contributed by atoms with E-state index in [-0.39, 0.29) is 5.91 Å². The first-order valence-corrected chi connectivity index (χ1v) is 6.91. The summed E-state index contributed by atoms with van der Waals surface area (Å²) in [6, 6.07) is 1.64. The third-order valence-electron chi connectivity index (χ3n) is 2.86. The van der Waals surface area contributed by atoms with Crippen LogP contribution in [0.2, 0.25) is 0 Å². The minimum absolute atomic E-state index is 0.123. The van der Waals surface area contributed by atoms with Crippen LogP contribution in [0.15, 0.2) is 18.5 Å². The molecule has 5 heteroatoms. The number of amides is 1. The second-order valence-corrected chi connectivity index (χ2v) is 5.57. The minimum atomic E-state index is -0.123. The molecule has 0 saturated carbocycles. The number of carbonyl (C=O) groups excluding carboxylic acids is 1. The molecule has 1 aliphatic heterocycles. The molecule has 1 unspecified atom stereocenters. The van der Waals surface area contributed by atoms with Crippen molar-refractivity contribution in [3.05, 3.63) is 24.0 Å². The summed E-state index contributed by atoms with van der Waals surface area (Å²) < 4.78 is 0. The molecule has 1 fully saturated rings. The van der Waals surface area contributed by atoms with Crippen LogP contribution in [0.25, 0.3) is 0 Å². The number of hydrogen-bond donors (Lipinski definition) is 2. The zero-order valence-corrected chi connectivity index (χ0v) is 10.5. The van der Waals surface area contributed by atoms with Crippen molar-refractivity contribution in [2.45, 2.75) is 24.5 Å². The number of hydrogen-bond acceptors (Lipinski definition) is 4. The Morgan fingerprint density at radius 1 is 1.59 bits per heavy atom. The van der Waals surface area contributed by atoms with Gasteiger partial charge >= 0.3 is 0 Å². The number of carbonyl (C=O) groups is 1. The summed E-state index contributed by atoms with van der Waals surface area (Å²) in [5.74, 6) is 1.08. The van der Waals surface area contributed by atoms with E-state index < -0.39 is 0 Å². The number of anilines is 1. The van der Waals surface area contributed by atoms with Gasteiger partial charge in [-0.2, -0.15) is 11.8 Å². The summed E-state index contributed by atoms with van der Waals surface area (Å²) in [6.07, 6.45) is 6.85. The first kappa shape index (κ1) is 12.2. The second kappa shape index (κ2) is 5.91. The summed E-state index contributed by atoms with van der Waals surface area (Å²) >= 11 is 1.94. The topological polar surface area (TPSA) is 68.0 Å². The lowest BCUT2D eigenvalue weighted by atomic mass is 10.2. The summed E-state index contributed by atoms with van der Waals surface area (Å²) in [5, 5.41) is 3.48. The van der Waals surface area contributed by atoms with Gasteiger partial charge in [0, 0.05) is 29.9 Å². The highest BCUT2D eigenvalue weighted by Gasteiger charge is 2.16. The average Bonchev–Trinajstić information content (AvgIpc) is 2.38. The van der Waals surface area contributed by atoms with Crippen molar-refractivity contribution in [2.24, 2.45) is 0 Å². The molecule has 0 aliphatic carbocycles. The van der Waals surface area contributed by atoms with Crippen LogP contribution in [0, 0.1) is 0 Å². The van der Waals surface area contributed by atoms with Crippen molar-refractivity contribution in [1.82, 2.24) is 10.3 Å². The highest BCUT2D eigenvalue weighted by Crippen LogP contribution is 2.24. The Hall–Kier alpha value is -1.23. The maximum absolute atomic E-state index is 11.9. The molecule has 1 aromatic heterocycles. The van der Waals surface area contributed by atoms with E-state index in [9.17, 15) is 4.79 Å². The summed E-state index contributed by atoms with van der Waals surface area (Å²) in [7, 11) is 0. The fourth-order valence-corrected chi connectivity index (χ4v) is 3.10. The molecule has 1 saturated heterocycles. The molecule has 1 amide bonds. The van der Waals surface area contributed by atoms with E-state index in [2.05, 4.69) is 10.3 Å². The maximum Gasteiger partial charge on any atom is 0.254 e. The zero-order chi connectivity index (χ0) is 12.1. The number of pyridine rings is 1. The first-order chi connectivity index (χ1) is 8.27. The quantitative estimate of drug-likeness (QED) is 0.857. The number of nitrogens with zero attached hydrogens (tertiary/aromatic N) is 1. The van der Waals surface area contributed by atoms with Gasteiger partial charge in [0.1, 0.15) is 0 Å². The maximum atomic E-state index is 11.9. The van der Waals surface area contributed by atoms with Crippen LogP contribution >= 0.6 is 11.8 Å². The molecule has 2 heterocycles. The normalized spacial score (nSPS) is 19.9. The number of nitrogens with one attached hydrogen (secondary N) is 1. The fraction of sp³-hybridized carbons (Fsp3) is 0.500. The number of thioether (sulfide) groups is 1. The smallest absolute Gasteiger partial charge is 0.254 e. The Morgan fingerprint density at radius 2 is 2.47 bits per heavy atom. The first-order valence-electron chi connectivity index (χ1n) is 5.86. The van der Waals surface area contributed by atoms with Crippen LogP contribution in [0.3, 0.4) is 0 Å². The predicted molar refractivity (Wildman–Crippen MR) is 71.1 cm³/mol. The van der Waals surface area contributed by atoms with E-state index in [1.807, 2.05) is 11.8 Å². The molecule has 1 aliphatic rings. The van der Waals surface area contributed by atoms with Crippen LogP contribution in [-0.2, 0) is 0 Å². The molecule has 2 rings (SSSR count). The predicted octanol–water partition coefficient (Wildman–Crippen LogP) is 1.68. The van der Waals surface area contributed by atoms with E-state index in [4.69, 9.17) is 5.73 Å². The standard InChI is InChI=1S/C12H17N3OS/c13-11-4-5-14-8-10(11)12(16)15-7-9-3-1-2-6-17-9/h4-5,8-9H,1-3,6-7H2,(H2,13,14)(H,15,16). The van der Waals surface area contributed by atoms with Crippen molar-refractivity contribution in [3.63, 3.8) is 0 Å².